The summed E-state index contributed by atoms with van der Waals surface area (Å²) >= 11 is 0.528. The van der Waals surface area contributed by atoms with Gasteiger partial charge in [0.2, 0.25) is 0 Å². The predicted octanol–water partition coefficient (Wildman–Crippen LogP) is 7.92. The Bertz CT molecular complexity index is 930. The molecule has 0 amide bonds. The number of hydrogen-bond donors (Lipinski definition) is 0. The van der Waals surface area contributed by atoms with Gasteiger partial charge >= 0.3 is 39.8 Å². The molecule has 0 aliphatic rings. The van der Waals surface area contributed by atoms with Crippen LogP contribution in [0.1, 0.15) is 13.8 Å². The third kappa shape index (κ3) is 9.37. The van der Waals surface area contributed by atoms with Gasteiger partial charge in [-0.1, -0.05) is 138 Å². The quantitative estimate of drug-likeness (QED) is 0.143. The predicted molar refractivity (Wildman–Crippen MR) is 161 cm³/mol. The van der Waals surface area contributed by atoms with Gasteiger partial charge in [0, 0.05) is 0 Å². The average Bonchev–Trinajstić information content (AvgIpc) is 2.89. The Balaban J connectivity index is 0.000000555. The first-order chi connectivity index (χ1) is 16.3. The smallest absolute Gasteiger partial charge is 0.0146 e. The molecule has 5 heteroatoms. The van der Waals surface area contributed by atoms with Crippen LogP contribution in [0.25, 0.3) is 0 Å². The van der Waals surface area contributed by atoms with E-state index in [1.54, 1.807) is 0 Å². The number of benzene rings is 4. The third-order valence-electron chi connectivity index (χ3n) is 4.72. The summed E-state index contributed by atoms with van der Waals surface area (Å²) in [6.45, 7) is 4.53. The molecule has 2 radical (unpaired) electrons. The normalized spacial score (nSPS) is 13.0. The van der Waals surface area contributed by atoms with Crippen LogP contribution in [-0.2, 0) is 0 Å². The van der Waals surface area contributed by atoms with Crippen molar-refractivity contribution in [2.45, 2.75) is 24.4 Å². The number of rotatable bonds is 9. The molecule has 4 rings (SSSR count). The van der Waals surface area contributed by atoms with Crippen LogP contribution in [0, 0.1) is 0 Å². The molecule has 0 aliphatic heterocycles. The van der Waals surface area contributed by atoms with Crippen molar-refractivity contribution >= 4 is 67.8 Å². The maximum atomic E-state index is 2.34. The molecule has 0 N–H and O–H groups in total. The van der Waals surface area contributed by atoms with Crippen molar-refractivity contribution < 1.29 is 0 Å². The molecule has 4 unspecified atom stereocenters. The Hall–Kier alpha value is -0.857. The summed E-state index contributed by atoms with van der Waals surface area (Å²) in [5.74, 6) is 0. The fourth-order valence-electron chi connectivity index (χ4n) is 3.12. The first-order valence-corrected chi connectivity index (χ1v) is 21.4. The minimum absolute atomic E-state index is 0.291. The van der Waals surface area contributed by atoms with E-state index in [1.807, 2.05) is 0 Å². The molecule has 0 spiro atoms. The van der Waals surface area contributed by atoms with Gasteiger partial charge in [0.1, 0.15) is 0 Å². The molecule has 4 aromatic carbocycles. The molecular formula is C28H32GeP4. The van der Waals surface area contributed by atoms with Crippen molar-refractivity contribution in [1.29, 1.82) is 0 Å². The van der Waals surface area contributed by atoms with Crippen LogP contribution in [0.2, 0.25) is 10.5 Å². The Morgan fingerprint density at radius 2 is 0.788 bits per heavy atom. The van der Waals surface area contributed by atoms with Gasteiger partial charge in [0.25, 0.3) is 0 Å². The van der Waals surface area contributed by atoms with Gasteiger partial charge in [-0.25, -0.2) is 0 Å². The molecule has 33 heavy (non-hydrogen) atoms. The topological polar surface area (TPSA) is 0 Å². The van der Waals surface area contributed by atoms with Crippen LogP contribution in [0.3, 0.4) is 0 Å². The van der Waals surface area contributed by atoms with E-state index >= 15 is 0 Å². The van der Waals surface area contributed by atoms with Crippen molar-refractivity contribution in [1.82, 2.24) is 0 Å². The molecule has 0 saturated carbocycles. The molecular weight excluding hydrogens is 533 g/mol. The van der Waals surface area contributed by atoms with Crippen molar-refractivity contribution in [2.75, 3.05) is 0 Å². The van der Waals surface area contributed by atoms with E-state index in [1.165, 1.54) is 31.7 Å². The fourth-order valence-corrected chi connectivity index (χ4v) is 22.6. The van der Waals surface area contributed by atoms with E-state index in [4.69, 9.17) is 0 Å². The zero-order valence-corrected chi connectivity index (χ0v) is 25.2. The monoisotopic (exact) mass is 566 g/mol. The maximum absolute atomic E-state index is 2.34. The summed E-state index contributed by atoms with van der Waals surface area (Å²) in [5.41, 5.74) is 0. The van der Waals surface area contributed by atoms with Gasteiger partial charge in [-0.2, -0.15) is 0 Å². The van der Waals surface area contributed by atoms with Gasteiger partial charge in [-0.3, -0.25) is 0 Å². The molecule has 0 saturated heterocycles. The minimum atomic E-state index is -0.291. The summed E-state index contributed by atoms with van der Waals surface area (Å²) in [5, 5.41) is 8.93. The standard InChI is InChI=1S/C24H22P4.C4H10Ge/c1-5-13-21(14-6-1)25-27(23-17-9-3-10-18-23)28(24-19-11-4-12-20-24)26-22-15-7-2-8-16-22;1-3-5-4-2/h1-20,25-26H;3-4H2,1-2H3. The van der Waals surface area contributed by atoms with Gasteiger partial charge in [-0.15, -0.1) is 0 Å². The van der Waals surface area contributed by atoms with E-state index in [2.05, 4.69) is 135 Å². The first kappa shape index (κ1) is 26.7. The van der Waals surface area contributed by atoms with E-state index in [0.29, 0.717) is 15.4 Å². The molecule has 0 bridgehead atoms. The Kier molecular flexibility index (Phi) is 12.9. The molecule has 0 aliphatic carbocycles. The Labute approximate surface area is 212 Å². The molecule has 0 heterocycles. The van der Waals surface area contributed by atoms with Gasteiger partial charge in [-0.05, 0) is 35.8 Å². The molecule has 4 aromatic rings. The second-order valence-corrected chi connectivity index (χ2v) is 23.8. The molecule has 0 aromatic heterocycles. The van der Waals surface area contributed by atoms with Crippen LogP contribution in [0.5, 0.6) is 0 Å². The summed E-state index contributed by atoms with van der Waals surface area (Å²) in [6, 6.07) is 44.5. The van der Waals surface area contributed by atoms with Gasteiger partial charge < -0.3 is 0 Å². The van der Waals surface area contributed by atoms with Crippen LogP contribution >= 0.6 is 31.1 Å². The average molecular weight is 565 g/mol. The SMILES string of the molecule is C[CH2][Ge][CH2]C.c1ccc(PP(c2ccccc2)P(Pc2ccccc2)c2ccccc2)cc1. The van der Waals surface area contributed by atoms with Crippen LogP contribution in [0.15, 0.2) is 121 Å². The molecule has 4 atom stereocenters. The van der Waals surface area contributed by atoms with E-state index in [0.717, 1.165) is 16.5 Å². The Morgan fingerprint density at radius 1 is 0.485 bits per heavy atom. The van der Waals surface area contributed by atoms with Crippen LogP contribution in [-0.4, -0.2) is 15.4 Å². The van der Waals surface area contributed by atoms with Crippen molar-refractivity contribution in [3.8, 4) is 0 Å². The van der Waals surface area contributed by atoms with Gasteiger partial charge in [0.15, 0.2) is 0 Å². The van der Waals surface area contributed by atoms with E-state index in [-0.39, 0.29) is 14.6 Å². The summed E-state index contributed by atoms with van der Waals surface area (Å²) < 4.78 is 0. The molecule has 168 valence electrons. The maximum Gasteiger partial charge on any atom is -0.0146 e. The second kappa shape index (κ2) is 15.9. The molecule has 0 nitrogen and oxygen atoms in total. The van der Waals surface area contributed by atoms with E-state index in [9.17, 15) is 0 Å². The summed E-state index contributed by atoms with van der Waals surface area (Å²) in [4.78, 5) is 0. The second-order valence-electron chi connectivity index (χ2n) is 7.21. The van der Waals surface area contributed by atoms with E-state index < -0.39 is 0 Å². The fraction of sp³-hybridized carbons (Fsp3) is 0.143. The zero-order chi connectivity index (χ0) is 23.1. The van der Waals surface area contributed by atoms with Crippen molar-refractivity contribution in [3.05, 3.63) is 121 Å². The largest absolute Gasteiger partial charge is 0.0622 e. The minimum Gasteiger partial charge on any atom is -0.0622 e. The first-order valence-electron chi connectivity index (χ1n) is 11.4. The third-order valence-corrected chi connectivity index (χ3v) is 24.6. The van der Waals surface area contributed by atoms with Crippen molar-refractivity contribution in [2.24, 2.45) is 0 Å². The summed E-state index contributed by atoms with van der Waals surface area (Å²) in [7, 11) is 1.08. The van der Waals surface area contributed by atoms with Crippen molar-refractivity contribution in [3.63, 3.8) is 0 Å². The van der Waals surface area contributed by atoms with Crippen LogP contribution < -0.4 is 21.2 Å². The van der Waals surface area contributed by atoms with Gasteiger partial charge in [0.05, 0.1) is 0 Å². The van der Waals surface area contributed by atoms with Crippen LogP contribution in [0.4, 0.5) is 0 Å². The number of hydrogen-bond acceptors (Lipinski definition) is 0. The zero-order valence-electron chi connectivity index (χ0n) is 19.4. The molecule has 0 fully saturated rings. The summed E-state index contributed by atoms with van der Waals surface area (Å²) in [6.07, 6.45) is 0. The Morgan fingerprint density at radius 3 is 1.06 bits per heavy atom.